The first kappa shape index (κ1) is 12.3. The van der Waals surface area contributed by atoms with Gasteiger partial charge in [0.1, 0.15) is 4.88 Å². The maximum Gasteiger partial charge on any atom is 0.346 e. The van der Waals surface area contributed by atoms with Gasteiger partial charge in [0.2, 0.25) is 0 Å². The van der Waals surface area contributed by atoms with Crippen LogP contribution in [0.5, 0.6) is 0 Å². The summed E-state index contributed by atoms with van der Waals surface area (Å²) in [6, 6.07) is 1.83. The Bertz CT molecular complexity index is 574. The molecule has 0 bridgehead atoms. The molecule has 17 heavy (non-hydrogen) atoms. The van der Waals surface area contributed by atoms with Crippen molar-refractivity contribution in [2.24, 2.45) is 0 Å². The van der Waals surface area contributed by atoms with Gasteiger partial charge in [-0.05, 0) is 46.8 Å². The molecule has 0 saturated heterocycles. The summed E-state index contributed by atoms with van der Waals surface area (Å²) < 4.78 is 2.79. The Hall–Kier alpha value is -1.14. The summed E-state index contributed by atoms with van der Waals surface area (Å²) in [5.74, 6) is -0.879. The van der Waals surface area contributed by atoms with Crippen molar-refractivity contribution < 1.29 is 9.90 Å². The van der Waals surface area contributed by atoms with Gasteiger partial charge in [-0.25, -0.2) is 4.79 Å². The highest BCUT2D eigenvalue weighted by Crippen LogP contribution is 2.23. The van der Waals surface area contributed by atoms with Crippen molar-refractivity contribution in [2.45, 2.75) is 20.4 Å². The zero-order valence-electron chi connectivity index (χ0n) is 9.40. The second kappa shape index (κ2) is 4.62. The molecule has 0 saturated carbocycles. The van der Waals surface area contributed by atoms with Crippen LogP contribution in [0.4, 0.5) is 0 Å². The highest BCUT2D eigenvalue weighted by Gasteiger charge is 2.14. The van der Waals surface area contributed by atoms with E-state index in [4.69, 9.17) is 5.11 Å². The van der Waals surface area contributed by atoms with E-state index in [1.54, 1.807) is 5.38 Å². The Morgan fingerprint density at radius 1 is 1.59 bits per heavy atom. The van der Waals surface area contributed by atoms with E-state index in [1.165, 1.54) is 11.3 Å². The fraction of sp³-hybridized carbons (Fsp3) is 0.273. The van der Waals surface area contributed by atoms with Crippen LogP contribution in [-0.2, 0) is 6.54 Å². The van der Waals surface area contributed by atoms with Gasteiger partial charge in [0, 0.05) is 0 Å². The molecule has 0 aromatic carbocycles. The highest BCUT2D eigenvalue weighted by molar-refractivity contribution is 9.10. The van der Waals surface area contributed by atoms with Crippen LogP contribution in [0.25, 0.3) is 0 Å². The first-order valence-corrected chi connectivity index (χ1v) is 6.67. The number of halogens is 1. The van der Waals surface area contributed by atoms with E-state index in [-0.39, 0.29) is 0 Å². The third-order valence-corrected chi connectivity index (χ3v) is 4.65. The lowest BCUT2D eigenvalue weighted by atomic mass is 10.2. The van der Waals surface area contributed by atoms with E-state index in [1.807, 2.05) is 24.6 Å². The Kier molecular flexibility index (Phi) is 3.35. The van der Waals surface area contributed by atoms with E-state index < -0.39 is 5.97 Å². The molecule has 0 aliphatic rings. The van der Waals surface area contributed by atoms with Crippen LogP contribution in [0, 0.1) is 13.8 Å². The van der Waals surface area contributed by atoms with E-state index >= 15 is 0 Å². The largest absolute Gasteiger partial charge is 0.477 e. The molecule has 90 valence electrons. The number of hydrogen-bond donors (Lipinski definition) is 1. The van der Waals surface area contributed by atoms with Gasteiger partial charge in [0.15, 0.2) is 0 Å². The number of carboxylic acids is 1. The maximum absolute atomic E-state index is 11.0. The minimum absolute atomic E-state index is 0.383. The molecule has 2 aromatic rings. The summed E-state index contributed by atoms with van der Waals surface area (Å²) in [5, 5.41) is 15.2. The molecule has 6 heteroatoms. The van der Waals surface area contributed by atoms with Crippen molar-refractivity contribution in [3.05, 3.63) is 37.7 Å². The first-order valence-electron chi connectivity index (χ1n) is 5.00. The summed E-state index contributed by atoms with van der Waals surface area (Å²) in [4.78, 5) is 11.4. The summed E-state index contributed by atoms with van der Waals surface area (Å²) >= 11 is 4.70. The van der Waals surface area contributed by atoms with Crippen LogP contribution in [0.15, 0.2) is 15.9 Å². The SMILES string of the molecule is Cc1nn(Cc2ccsc2C(=O)O)c(C)c1Br. The van der Waals surface area contributed by atoms with Gasteiger partial charge in [0.25, 0.3) is 0 Å². The van der Waals surface area contributed by atoms with Crippen LogP contribution in [0.2, 0.25) is 0 Å². The number of carbonyl (C=O) groups is 1. The van der Waals surface area contributed by atoms with E-state index in [2.05, 4.69) is 21.0 Å². The van der Waals surface area contributed by atoms with Crippen molar-refractivity contribution in [3.63, 3.8) is 0 Å². The lowest BCUT2D eigenvalue weighted by Crippen LogP contribution is -2.07. The van der Waals surface area contributed by atoms with Gasteiger partial charge in [0.05, 0.1) is 22.4 Å². The van der Waals surface area contributed by atoms with Gasteiger partial charge >= 0.3 is 5.97 Å². The summed E-state index contributed by atoms with van der Waals surface area (Å²) in [6.07, 6.45) is 0. The van der Waals surface area contributed by atoms with Crippen LogP contribution in [0.3, 0.4) is 0 Å². The molecular weight excluding hydrogens is 304 g/mol. The van der Waals surface area contributed by atoms with Crippen molar-refractivity contribution >= 4 is 33.2 Å². The summed E-state index contributed by atoms with van der Waals surface area (Å²) in [7, 11) is 0. The number of hydrogen-bond acceptors (Lipinski definition) is 3. The number of rotatable bonds is 3. The van der Waals surface area contributed by atoms with E-state index in [0.29, 0.717) is 11.4 Å². The molecule has 0 amide bonds. The summed E-state index contributed by atoms with van der Waals surface area (Å²) in [5.41, 5.74) is 2.71. The standard InChI is InChI=1S/C11H11BrN2O2S/c1-6-9(12)7(2)14(13-6)5-8-3-4-17-10(8)11(15)16/h3-4H,5H2,1-2H3,(H,15,16). The average molecular weight is 315 g/mol. The molecule has 0 aliphatic carbocycles. The van der Waals surface area contributed by atoms with Crippen molar-refractivity contribution in [3.8, 4) is 0 Å². The quantitative estimate of drug-likeness (QED) is 0.947. The predicted molar refractivity (Wildman–Crippen MR) is 69.8 cm³/mol. The Morgan fingerprint density at radius 3 is 2.82 bits per heavy atom. The minimum atomic E-state index is -0.879. The predicted octanol–water partition coefficient (Wildman–Crippen LogP) is 3.07. The molecule has 0 fully saturated rings. The molecule has 2 aromatic heterocycles. The lowest BCUT2D eigenvalue weighted by Gasteiger charge is -2.03. The number of aryl methyl sites for hydroxylation is 1. The molecule has 2 heterocycles. The molecular formula is C11H11BrN2O2S. The number of nitrogens with zero attached hydrogens (tertiary/aromatic N) is 2. The topological polar surface area (TPSA) is 55.1 Å². The Labute approximate surface area is 111 Å². The minimum Gasteiger partial charge on any atom is -0.477 e. The molecule has 0 radical (unpaired) electrons. The zero-order chi connectivity index (χ0) is 12.6. The third-order valence-electron chi connectivity index (χ3n) is 2.55. The monoisotopic (exact) mass is 314 g/mol. The van der Waals surface area contributed by atoms with Crippen LogP contribution < -0.4 is 0 Å². The second-order valence-corrected chi connectivity index (χ2v) is 5.43. The third kappa shape index (κ3) is 2.28. The van der Waals surface area contributed by atoms with Crippen LogP contribution >= 0.6 is 27.3 Å². The zero-order valence-corrected chi connectivity index (χ0v) is 11.8. The summed E-state index contributed by atoms with van der Waals surface area (Å²) in [6.45, 7) is 4.36. The molecule has 0 atom stereocenters. The molecule has 0 aliphatic heterocycles. The number of thiophene rings is 1. The van der Waals surface area contributed by atoms with Crippen molar-refractivity contribution in [1.29, 1.82) is 0 Å². The van der Waals surface area contributed by atoms with Gasteiger partial charge in [-0.15, -0.1) is 11.3 Å². The van der Waals surface area contributed by atoms with Crippen LogP contribution in [-0.4, -0.2) is 20.9 Å². The molecule has 0 unspecified atom stereocenters. The molecule has 4 nitrogen and oxygen atoms in total. The average Bonchev–Trinajstić information content (AvgIpc) is 2.81. The fourth-order valence-electron chi connectivity index (χ4n) is 1.64. The highest BCUT2D eigenvalue weighted by atomic mass is 79.9. The Morgan fingerprint density at radius 2 is 2.29 bits per heavy atom. The van der Waals surface area contributed by atoms with Gasteiger partial charge in [-0.2, -0.15) is 5.10 Å². The number of aromatic nitrogens is 2. The fourth-order valence-corrected chi connectivity index (χ4v) is 2.68. The normalized spacial score (nSPS) is 10.8. The molecule has 2 rings (SSSR count). The molecule has 1 N–H and O–H groups in total. The van der Waals surface area contributed by atoms with Crippen molar-refractivity contribution in [1.82, 2.24) is 9.78 Å². The van der Waals surface area contributed by atoms with Gasteiger partial charge in [-0.1, -0.05) is 0 Å². The first-order chi connectivity index (χ1) is 8.00. The second-order valence-electron chi connectivity index (χ2n) is 3.72. The van der Waals surface area contributed by atoms with Crippen LogP contribution in [0.1, 0.15) is 26.6 Å². The van der Waals surface area contributed by atoms with Gasteiger partial charge in [-0.3, -0.25) is 4.68 Å². The molecule has 0 spiro atoms. The lowest BCUT2D eigenvalue weighted by molar-refractivity contribution is 0.0701. The van der Waals surface area contributed by atoms with Gasteiger partial charge < -0.3 is 5.11 Å². The number of aromatic carboxylic acids is 1. The van der Waals surface area contributed by atoms with E-state index in [0.717, 1.165) is 21.4 Å². The van der Waals surface area contributed by atoms with E-state index in [9.17, 15) is 4.79 Å². The van der Waals surface area contributed by atoms with Crippen molar-refractivity contribution in [2.75, 3.05) is 0 Å². The smallest absolute Gasteiger partial charge is 0.346 e. The maximum atomic E-state index is 11.0. The number of carboxylic acid groups (broad SMARTS) is 1. The Balaban J connectivity index is 2.35.